The van der Waals surface area contributed by atoms with Gasteiger partial charge in [0.25, 0.3) is 0 Å². The Bertz CT molecular complexity index is 1470. The van der Waals surface area contributed by atoms with Gasteiger partial charge in [-0.15, -0.1) is 11.3 Å². The number of carbonyl (C=O) groups is 1. The Morgan fingerprint density at radius 3 is 2.66 bits per heavy atom. The molecule has 1 atom stereocenters. The first-order valence-electron chi connectivity index (χ1n) is 14.4. The van der Waals surface area contributed by atoms with Gasteiger partial charge in [0.05, 0.1) is 19.8 Å². The second-order valence-electron chi connectivity index (χ2n) is 10.9. The van der Waals surface area contributed by atoms with E-state index >= 15 is 0 Å². The molecule has 2 aliphatic rings. The van der Waals surface area contributed by atoms with Gasteiger partial charge in [0, 0.05) is 35.8 Å². The SMILES string of the molecule is COc1ccc(Cn2nc(N[C@@H]3CCCNC3)c3c(O[C@H]4CC[C@H](C(=O)Nc5ncc(C)s5)CC4)ccnc32)cc1. The molecule has 4 aromatic rings. The molecule has 1 amide bonds. The van der Waals surface area contributed by atoms with Gasteiger partial charge in [-0.2, -0.15) is 5.10 Å². The average Bonchev–Trinajstić information content (AvgIpc) is 3.57. The summed E-state index contributed by atoms with van der Waals surface area (Å²) in [5.74, 6) is 2.44. The maximum Gasteiger partial charge on any atom is 0.229 e. The minimum Gasteiger partial charge on any atom is -0.497 e. The van der Waals surface area contributed by atoms with Gasteiger partial charge >= 0.3 is 0 Å². The molecule has 216 valence electrons. The second-order valence-corrected chi connectivity index (χ2v) is 12.1. The fourth-order valence-corrected chi connectivity index (χ4v) is 6.36. The number of fused-ring (bicyclic) bond motifs is 1. The molecule has 41 heavy (non-hydrogen) atoms. The van der Waals surface area contributed by atoms with Crippen LogP contribution in [0.5, 0.6) is 11.5 Å². The van der Waals surface area contributed by atoms with Crippen LogP contribution in [-0.2, 0) is 11.3 Å². The van der Waals surface area contributed by atoms with Crippen LogP contribution in [0.2, 0.25) is 0 Å². The number of nitrogens with one attached hydrogen (secondary N) is 3. The number of aryl methyl sites for hydroxylation is 1. The largest absolute Gasteiger partial charge is 0.497 e. The van der Waals surface area contributed by atoms with Crippen LogP contribution in [0.25, 0.3) is 11.0 Å². The van der Waals surface area contributed by atoms with Gasteiger partial charge in [-0.3, -0.25) is 4.79 Å². The van der Waals surface area contributed by atoms with Gasteiger partial charge in [0.1, 0.15) is 16.9 Å². The zero-order chi connectivity index (χ0) is 28.2. The maximum absolute atomic E-state index is 12.8. The molecule has 0 bridgehead atoms. The number of hydrogen-bond acceptors (Lipinski definition) is 9. The van der Waals surface area contributed by atoms with Crippen molar-refractivity contribution in [1.29, 1.82) is 0 Å². The number of carbonyl (C=O) groups excluding carboxylic acids is 1. The summed E-state index contributed by atoms with van der Waals surface area (Å²) in [6.07, 6.45) is 9.02. The molecule has 1 aliphatic heterocycles. The lowest BCUT2D eigenvalue weighted by Crippen LogP contribution is -2.38. The van der Waals surface area contributed by atoms with Crippen LogP contribution in [0.1, 0.15) is 49.0 Å². The van der Waals surface area contributed by atoms with E-state index in [-0.39, 0.29) is 17.9 Å². The third-order valence-corrected chi connectivity index (χ3v) is 8.74. The van der Waals surface area contributed by atoms with Gasteiger partial charge in [-0.1, -0.05) is 12.1 Å². The monoisotopic (exact) mass is 575 g/mol. The van der Waals surface area contributed by atoms with E-state index in [2.05, 4.69) is 33.1 Å². The number of pyridine rings is 1. The summed E-state index contributed by atoms with van der Waals surface area (Å²) < 4.78 is 13.9. The summed E-state index contributed by atoms with van der Waals surface area (Å²) in [5, 5.41) is 16.7. The van der Waals surface area contributed by atoms with Gasteiger partial charge < -0.3 is 25.4 Å². The van der Waals surface area contributed by atoms with Crippen LogP contribution in [0.4, 0.5) is 10.9 Å². The predicted molar refractivity (Wildman–Crippen MR) is 161 cm³/mol. The lowest BCUT2D eigenvalue weighted by atomic mass is 9.87. The first kappa shape index (κ1) is 27.5. The van der Waals surface area contributed by atoms with E-state index in [0.717, 1.165) is 90.4 Å². The third kappa shape index (κ3) is 6.46. The number of methoxy groups -OCH3 is 1. The van der Waals surface area contributed by atoms with Gasteiger partial charge in [-0.05, 0) is 75.8 Å². The Morgan fingerprint density at radius 2 is 1.95 bits per heavy atom. The average molecular weight is 576 g/mol. The molecular weight excluding hydrogens is 538 g/mol. The molecule has 11 heteroatoms. The van der Waals surface area contributed by atoms with Crippen molar-refractivity contribution >= 4 is 39.2 Å². The minimum atomic E-state index is -0.0280. The number of rotatable bonds is 9. The van der Waals surface area contributed by atoms with E-state index in [1.165, 1.54) is 11.3 Å². The summed E-state index contributed by atoms with van der Waals surface area (Å²) in [5.41, 5.74) is 1.90. The number of thiazole rings is 1. The zero-order valence-electron chi connectivity index (χ0n) is 23.6. The number of benzene rings is 1. The van der Waals surface area contributed by atoms with Crippen LogP contribution < -0.4 is 25.4 Å². The molecule has 0 radical (unpaired) electrons. The van der Waals surface area contributed by atoms with Crippen molar-refractivity contribution in [2.24, 2.45) is 5.92 Å². The first-order valence-corrected chi connectivity index (χ1v) is 15.2. The smallest absolute Gasteiger partial charge is 0.229 e. The van der Waals surface area contributed by atoms with Crippen molar-refractivity contribution in [3.05, 3.63) is 53.2 Å². The highest BCUT2D eigenvalue weighted by Gasteiger charge is 2.29. The van der Waals surface area contributed by atoms with E-state index in [1.54, 1.807) is 19.5 Å². The molecule has 4 heterocycles. The van der Waals surface area contributed by atoms with E-state index < -0.39 is 0 Å². The predicted octanol–water partition coefficient (Wildman–Crippen LogP) is 4.99. The van der Waals surface area contributed by atoms with E-state index in [0.29, 0.717) is 17.7 Å². The molecule has 2 fully saturated rings. The molecule has 1 aliphatic carbocycles. The Balaban J connectivity index is 1.19. The van der Waals surface area contributed by atoms with Crippen LogP contribution in [0.3, 0.4) is 0 Å². The number of hydrogen-bond donors (Lipinski definition) is 3. The van der Waals surface area contributed by atoms with E-state index in [1.807, 2.05) is 29.8 Å². The van der Waals surface area contributed by atoms with Crippen molar-refractivity contribution < 1.29 is 14.3 Å². The Morgan fingerprint density at radius 1 is 1.12 bits per heavy atom. The number of ether oxygens (including phenoxy) is 2. The Hall–Kier alpha value is -3.70. The molecule has 0 spiro atoms. The van der Waals surface area contributed by atoms with Crippen molar-refractivity contribution in [1.82, 2.24) is 25.1 Å². The number of anilines is 2. The normalized spacial score (nSPS) is 21.0. The third-order valence-electron chi connectivity index (χ3n) is 7.91. The number of piperidine rings is 1. The fourth-order valence-electron chi connectivity index (χ4n) is 5.69. The molecule has 1 saturated heterocycles. The van der Waals surface area contributed by atoms with E-state index in [9.17, 15) is 4.79 Å². The van der Waals surface area contributed by atoms with Crippen molar-refractivity contribution in [2.75, 3.05) is 30.8 Å². The molecule has 0 unspecified atom stereocenters. The highest BCUT2D eigenvalue weighted by atomic mass is 32.1. The second kappa shape index (κ2) is 12.4. The molecule has 10 nitrogen and oxygen atoms in total. The maximum atomic E-state index is 12.8. The van der Waals surface area contributed by atoms with Crippen molar-refractivity contribution in [2.45, 2.75) is 64.1 Å². The van der Waals surface area contributed by atoms with E-state index in [4.69, 9.17) is 19.6 Å². The standard InChI is InChI=1S/C30H37N7O3S/c1-19-16-33-30(41-19)35-29(38)21-7-11-24(12-8-21)40-25-13-15-32-28-26(25)27(34-22-4-3-14-31-17-22)36-37(28)18-20-5-9-23(39-2)10-6-20/h5-6,9-10,13,15-16,21-22,24,31H,3-4,7-8,11-12,14,17-18H2,1-2H3,(H,34,36)(H,33,35,38)/t21-,22-,24-/m1/s1. The van der Waals surface area contributed by atoms with Gasteiger partial charge in [0.15, 0.2) is 16.6 Å². The van der Waals surface area contributed by atoms with Gasteiger partial charge in [0.2, 0.25) is 5.91 Å². The molecular formula is C30H37N7O3S. The van der Waals surface area contributed by atoms with Crippen molar-refractivity contribution in [3.63, 3.8) is 0 Å². The van der Waals surface area contributed by atoms with Crippen LogP contribution in [0, 0.1) is 12.8 Å². The summed E-state index contributed by atoms with van der Waals surface area (Å²) >= 11 is 1.50. The van der Waals surface area contributed by atoms with Gasteiger partial charge in [-0.25, -0.2) is 14.6 Å². The van der Waals surface area contributed by atoms with Crippen LogP contribution in [0.15, 0.2) is 42.7 Å². The number of amides is 1. The lowest BCUT2D eigenvalue weighted by molar-refractivity contribution is -0.121. The topological polar surface area (TPSA) is 115 Å². The minimum absolute atomic E-state index is 0.0280. The summed E-state index contributed by atoms with van der Waals surface area (Å²) in [7, 11) is 1.67. The molecule has 1 aromatic carbocycles. The number of nitrogens with zero attached hydrogens (tertiary/aromatic N) is 4. The zero-order valence-corrected chi connectivity index (χ0v) is 24.4. The molecule has 3 aromatic heterocycles. The summed E-state index contributed by atoms with van der Waals surface area (Å²) in [6, 6.07) is 10.3. The Kier molecular flexibility index (Phi) is 8.33. The molecule has 3 N–H and O–H groups in total. The molecule has 1 saturated carbocycles. The highest BCUT2D eigenvalue weighted by molar-refractivity contribution is 7.15. The first-order chi connectivity index (χ1) is 20.1. The highest BCUT2D eigenvalue weighted by Crippen LogP contribution is 2.36. The number of aromatic nitrogens is 4. The Labute approximate surface area is 243 Å². The molecule has 6 rings (SSSR count). The summed E-state index contributed by atoms with van der Waals surface area (Å²) in [4.78, 5) is 22.9. The fraction of sp³-hybridized carbons (Fsp3) is 0.467. The lowest BCUT2D eigenvalue weighted by Gasteiger charge is -2.28. The van der Waals surface area contributed by atoms with Crippen molar-refractivity contribution in [3.8, 4) is 11.5 Å². The summed E-state index contributed by atoms with van der Waals surface area (Å²) in [6.45, 7) is 4.52. The van der Waals surface area contributed by atoms with Crippen LogP contribution in [-0.4, -0.2) is 58.0 Å². The van der Waals surface area contributed by atoms with Crippen LogP contribution >= 0.6 is 11.3 Å². The quantitative estimate of drug-likeness (QED) is 0.256.